The number of nitrogens with zero attached hydrogens (tertiary/aromatic N) is 4. The average Bonchev–Trinajstić information content (AvgIpc) is 3.44. The maximum atomic E-state index is 5.90. The number of pyridine rings is 1. The lowest BCUT2D eigenvalue weighted by molar-refractivity contribution is 0.0823. The molecule has 1 aromatic carbocycles. The molecule has 1 aliphatic heterocycles. The highest BCUT2D eigenvalue weighted by Gasteiger charge is 2.29. The van der Waals surface area contributed by atoms with Crippen molar-refractivity contribution in [3.8, 4) is 16.9 Å². The topological polar surface area (TPSA) is 75.2 Å². The summed E-state index contributed by atoms with van der Waals surface area (Å²) in [5, 5.41) is 5.25. The summed E-state index contributed by atoms with van der Waals surface area (Å²) in [6.45, 7) is 5.52. The average molecular weight is 461 g/mol. The van der Waals surface area contributed by atoms with Crippen LogP contribution in [0.5, 0.6) is 5.75 Å². The summed E-state index contributed by atoms with van der Waals surface area (Å²) in [5.41, 5.74) is 5.91. The van der Waals surface area contributed by atoms with Crippen LogP contribution in [0.25, 0.3) is 33.1 Å². The first kappa shape index (κ1) is 21.6. The molecule has 178 valence electrons. The maximum absolute atomic E-state index is 5.90. The van der Waals surface area contributed by atoms with Gasteiger partial charge in [0.25, 0.3) is 0 Å². The van der Waals surface area contributed by atoms with Crippen molar-refractivity contribution in [2.75, 3.05) is 20.3 Å². The molecule has 1 aliphatic carbocycles. The molecule has 4 heterocycles. The number of aryl methyl sites for hydroxylation is 2. The normalized spacial score (nSPS) is 18.2. The molecule has 0 atom stereocenters. The highest BCUT2D eigenvalue weighted by molar-refractivity contribution is 6.05. The Balaban J connectivity index is 1.61. The number of hydrogen-bond donors (Lipinski definition) is 0. The van der Waals surface area contributed by atoms with Crippen LogP contribution in [0.1, 0.15) is 74.2 Å². The van der Waals surface area contributed by atoms with Crippen molar-refractivity contribution in [2.45, 2.75) is 70.8 Å². The van der Waals surface area contributed by atoms with E-state index in [0.717, 1.165) is 70.8 Å². The van der Waals surface area contributed by atoms with Gasteiger partial charge in [0.15, 0.2) is 0 Å². The smallest absolute Gasteiger partial charge is 0.141 e. The molecule has 1 saturated heterocycles. The molecule has 2 aliphatic rings. The van der Waals surface area contributed by atoms with E-state index in [0.29, 0.717) is 12.0 Å². The van der Waals surface area contributed by atoms with Crippen molar-refractivity contribution in [3.05, 3.63) is 35.6 Å². The molecule has 0 N–H and O–H groups in total. The van der Waals surface area contributed by atoms with E-state index in [4.69, 9.17) is 24.0 Å². The zero-order valence-electron chi connectivity index (χ0n) is 20.3. The standard InChI is InChI=1S/C27H32N4O3/c1-16-25(17(2)34-30-16)21-13-22-20(14-24(21)32-3)26-23(15-28-22)29-27(18-9-11-33-12-10-18)31(26)19-7-5-4-6-8-19/h13-15,18-19H,4-12H2,1-3H3. The van der Waals surface area contributed by atoms with Crippen LogP contribution in [0, 0.1) is 13.8 Å². The number of benzene rings is 1. The Labute approximate surface area is 199 Å². The Morgan fingerprint density at radius 3 is 2.50 bits per heavy atom. The zero-order chi connectivity index (χ0) is 23.2. The molecule has 7 heteroatoms. The van der Waals surface area contributed by atoms with Gasteiger partial charge in [-0.05, 0) is 51.7 Å². The van der Waals surface area contributed by atoms with Crippen LogP contribution >= 0.6 is 0 Å². The third-order valence-corrected chi connectivity index (χ3v) is 7.69. The lowest BCUT2D eigenvalue weighted by atomic mass is 9.93. The van der Waals surface area contributed by atoms with E-state index in [1.807, 2.05) is 20.0 Å². The van der Waals surface area contributed by atoms with E-state index >= 15 is 0 Å². The Morgan fingerprint density at radius 2 is 1.79 bits per heavy atom. The largest absolute Gasteiger partial charge is 0.496 e. The molecule has 3 aromatic heterocycles. The molecule has 2 fully saturated rings. The SMILES string of the molecule is COc1cc2c(cc1-c1c(C)noc1C)ncc1nc(C3CCOCC3)n(C3CCCCC3)c12. The van der Waals surface area contributed by atoms with Crippen LogP contribution in [0.4, 0.5) is 0 Å². The van der Waals surface area contributed by atoms with Gasteiger partial charge in [0.05, 0.1) is 35.6 Å². The summed E-state index contributed by atoms with van der Waals surface area (Å²) in [6.07, 6.45) is 10.3. The van der Waals surface area contributed by atoms with Gasteiger partial charge >= 0.3 is 0 Å². The maximum Gasteiger partial charge on any atom is 0.141 e. The van der Waals surface area contributed by atoms with Crippen molar-refractivity contribution in [1.82, 2.24) is 19.7 Å². The van der Waals surface area contributed by atoms with Crippen LogP contribution in [0.2, 0.25) is 0 Å². The fraction of sp³-hybridized carbons (Fsp3) is 0.519. The molecule has 0 radical (unpaired) electrons. The van der Waals surface area contributed by atoms with E-state index < -0.39 is 0 Å². The Hall–Kier alpha value is -2.93. The van der Waals surface area contributed by atoms with Crippen molar-refractivity contribution in [3.63, 3.8) is 0 Å². The van der Waals surface area contributed by atoms with Crippen LogP contribution < -0.4 is 4.74 Å². The van der Waals surface area contributed by atoms with Crippen molar-refractivity contribution >= 4 is 21.9 Å². The van der Waals surface area contributed by atoms with Gasteiger partial charge in [-0.3, -0.25) is 4.98 Å². The van der Waals surface area contributed by atoms with Crippen molar-refractivity contribution < 1.29 is 14.0 Å². The quantitative estimate of drug-likeness (QED) is 0.358. The first-order valence-electron chi connectivity index (χ1n) is 12.5. The predicted octanol–water partition coefficient (Wildman–Crippen LogP) is 6.26. The number of ether oxygens (including phenoxy) is 2. The lowest BCUT2D eigenvalue weighted by Gasteiger charge is -2.29. The number of imidazole rings is 1. The number of rotatable bonds is 4. The molecular weight excluding hydrogens is 428 g/mol. The molecule has 7 nitrogen and oxygen atoms in total. The highest BCUT2D eigenvalue weighted by Crippen LogP contribution is 2.42. The molecule has 6 rings (SSSR count). The summed E-state index contributed by atoms with van der Waals surface area (Å²) in [5.74, 6) is 3.24. The fourth-order valence-corrected chi connectivity index (χ4v) is 6.01. The monoisotopic (exact) mass is 460 g/mol. The fourth-order valence-electron chi connectivity index (χ4n) is 6.01. The minimum Gasteiger partial charge on any atom is -0.496 e. The summed E-state index contributed by atoms with van der Waals surface area (Å²) in [7, 11) is 1.72. The van der Waals surface area contributed by atoms with Crippen molar-refractivity contribution in [2.24, 2.45) is 0 Å². The van der Waals surface area contributed by atoms with Gasteiger partial charge in [0.1, 0.15) is 22.9 Å². The second-order valence-corrected chi connectivity index (χ2v) is 9.78. The summed E-state index contributed by atoms with van der Waals surface area (Å²) in [4.78, 5) is 10.0. The molecule has 0 bridgehead atoms. The number of aromatic nitrogens is 4. The van der Waals surface area contributed by atoms with E-state index in [-0.39, 0.29) is 0 Å². The van der Waals surface area contributed by atoms with Crippen LogP contribution in [-0.2, 0) is 4.74 Å². The third kappa shape index (κ3) is 3.49. The minimum atomic E-state index is 0.432. The summed E-state index contributed by atoms with van der Waals surface area (Å²) in [6, 6.07) is 4.74. The van der Waals surface area contributed by atoms with E-state index in [9.17, 15) is 0 Å². The number of hydrogen-bond acceptors (Lipinski definition) is 6. The van der Waals surface area contributed by atoms with Gasteiger partial charge < -0.3 is 18.6 Å². The van der Waals surface area contributed by atoms with E-state index in [2.05, 4.69) is 21.9 Å². The molecular formula is C27H32N4O3. The summed E-state index contributed by atoms with van der Waals surface area (Å²) < 4.78 is 19.6. The molecule has 0 spiro atoms. The third-order valence-electron chi connectivity index (χ3n) is 7.69. The van der Waals surface area contributed by atoms with Gasteiger partial charge in [-0.1, -0.05) is 24.4 Å². The van der Waals surface area contributed by atoms with Gasteiger partial charge in [0, 0.05) is 36.1 Å². The van der Waals surface area contributed by atoms with Gasteiger partial charge in [-0.2, -0.15) is 0 Å². The second-order valence-electron chi connectivity index (χ2n) is 9.78. The highest BCUT2D eigenvalue weighted by atomic mass is 16.5. The molecule has 0 amide bonds. The zero-order valence-corrected chi connectivity index (χ0v) is 20.3. The van der Waals surface area contributed by atoms with Gasteiger partial charge in [-0.25, -0.2) is 4.98 Å². The van der Waals surface area contributed by atoms with Crippen LogP contribution in [0.15, 0.2) is 22.9 Å². The minimum absolute atomic E-state index is 0.432. The Kier molecular flexibility index (Phi) is 5.52. The van der Waals surface area contributed by atoms with Crippen molar-refractivity contribution in [1.29, 1.82) is 0 Å². The van der Waals surface area contributed by atoms with Crippen LogP contribution in [0.3, 0.4) is 0 Å². The lowest BCUT2D eigenvalue weighted by Crippen LogP contribution is -2.21. The molecule has 34 heavy (non-hydrogen) atoms. The molecule has 0 unspecified atom stereocenters. The van der Waals surface area contributed by atoms with E-state index in [1.54, 1.807) is 7.11 Å². The van der Waals surface area contributed by atoms with Gasteiger partial charge in [-0.15, -0.1) is 0 Å². The van der Waals surface area contributed by atoms with Gasteiger partial charge in [0.2, 0.25) is 0 Å². The van der Waals surface area contributed by atoms with Crippen LogP contribution in [-0.4, -0.2) is 40.0 Å². The second kappa shape index (κ2) is 8.69. The molecule has 4 aromatic rings. The Morgan fingerprint density at radius 1 is 1.00 bits per heavy atom. The number of fused-ring (bicyclic) bond motifs is 3. The van der Waals surface area contributed by atoms with E-state index in [1.165, 1.54) is 43.4 Å². The summed E-state index contributed by atoms with van der Waals surface area (Å²) >= 11 is 0. The molecule has 1 saturated carbocycles. The Bertz CT molecular complexity index is 1320. The first-order chi connectivity index (χ1) is 16.7. The first-order valence-corrected chi connectivity index (χ1v) is 12.5. The predicted molar refractivity (Wildman–Crippen MR) is 131 cm³/mol. The number of methoxy groups -OCH3 is 1.